The first kappa shape index (κ1) is 11.5. The van der Waals surface area contributed by atoms with Crippen molar-refractivity contribution in [3.8, 4) is 0 Å². The van der Waals surface area contributed by atoms with Crippen LogP contribution in [0.2, 0.25) is 5.02 Å². The molecule has 0 unspecified atom stereocenters. The molecule has 0 amide bonds. The third-order valence-electron chi connectivity index (χ3n) is 1.59. The Balaban J connectivity index is 3.28. The maximum Gasteiger partial charge on any atom is 0.174 e. The first-order valence-electron chi connectivity index (χ1n) is 3.61. The van der Waals surface area contributed by atoms with Gasteiger partial charge in [0.15, 0.2) is 5.78 Å². The normalized spacial score (nSPS) is 10.2. The fourth-order valence-electron chi connectivity index (χ4n) is 0.999. The Labute approximate surface area is 104 Å². The molecule has 0 saturated carbocycles. The summed E-state index contributed by atoms with van der Waals surface area (Å²) in [5.74, 6) is 0.0648. The van der Waals surface area contributed by atoms with E-state index in [-0.39, 0.29) is 5.78 Å². The molecule has 0 aliphatic rings. The topological polar surface area (TPSA) is 17.1 Å². The summed E-state index contributed by atoms with van der Waals surface area (Å²) in [4.78, 5) is 11.4. The van der Waals surface area contributed by atoms with Crippen LogP contribution in [0.15, 0.2) is 12.1 Å². The van der Waals surface area contributed by atoms with Crippen molar-refractivity contribution in [1.82, 2.24) is 0 Å². The van der Waals surface area contributed by atoms with Gasteiger partial charge in [0.05, 0.1) is 10.4 Å². The van der Waals surface area contributed by atoms with Gasteiger partial charge in [-0.15, -0.1) is 0 Å². The second-order valence-corrected chi connectivity index (χ2v) is 4.71. The van der Waals surface area contributed by atoms with E-state index >= 15 is 0 Å². The van der Waals surface area contributed by atoms with Crippen molar-refractivity contribution >= 4 is 55.9 Å². The van der Waals surface area contributed by atoms with E-state index in [1.54, 1.807) is 0 Å². The van der Waals surface area contributed by atoms with Crippen LogP contribution in [0.3, 0.4) is 0 Å². The molecule has 1 rings (SSSR count). The number of halogens is 3. The number of benzene rings is 1. The molecule has 0 atom stereocenters. The number of hydrogen-bond donors (Lipinski definition) is 0. The van der Waals surface area contributed by atoms with Gasteiger partial charge in [-0.25, -0.2) is 0 Å². The summed E-state index contributed by atoms with van der Waals surface area (Å²) in [5.41, 5.74) is 1.71. The smallest absolute Gasteiger partial charge is 0.174 e. The van der Waals surface area contributed by atoms with E-state index in [9.17, 15) is 4.79 Å². The Kier molecular flexibility index (Phi) is 4.19. The van der Waals surface area contributed by atoms with Crippen LogP contribution in [0.4, 0.5) is 0 Å². The highest BCUT2D eigenvalue weighted by Gasteiger charge is 2.11. The molecule has 0 aliphatic heterocycles. The molecule has 0 N–H and O–H groups in total. The van der Waals surface area contributed by atoms with Gasteiger partial charge in [0.2, 0.25) is 0 Å². The molecule has 0 heterocycles. The lowest BCUT2D eigenvalue weighted by Crippen LogP contribution is -2.03. The van der Waals surface area contributed by atoms with Crippen molar-refractivity contribution in [2.75, 3.05) is 5.33 Å². The van der Waals surface area contributed by atoms with Gasteiger partial charge in [0, 0.05) is 9.13 Å². The van der Waals surface area contributed by atoms with Crippen LogP contribution in [0.1, 0.15) is 15.9 Å². The molecular weight excluding hydrogens is 366 g/mol. The number of carbonyl (C=O) groups is 1. The number of rotatable bonds is 2. The zero-order valence-electron chi connectivity index (χ0n) is 6.90. The number of ketones is 1. The van der Waals surface area contributed by atoms with Crippen LogP contribution in [0, 0.1) is 10.5 Å². The molecule has 1 nitrogen and oxygen atoms in total. The Morgan fingerprint density at radius 3 is 2.77 bits per heavy atom. The highest BCUT2D eigenvalue weighted by molar-refractivity contribution is 14.1. The Hall–Kier alpha value is 0.390. The van der Waals surface area contributed by atoms with Crippen LogP contribution < -0.4 is 0 Å². The van der Waals surface area contributed by atoms with Crippen molar-refractivity contribution in [3.05, 3.63) is 31.9 Å². The zero-order valence-corrected chi connectivity index (χ0v) is 11.4. The minimum Gasteiger partial charge on any atom is -0.293 e. The second-order valence-electron chi connectivity index (χ2n) is 2.67. The third kappa shape index (κ3) is 2.67. The molecule has 1 aromatic rings. The molecule has 0 radical (unpaired) electrons. The molecule has 0 saturated heterocycles. The van der Waals surface area contributed by atoms with Gasteiger partial charge in [0.25, 0.3) is 0 Å². The summed E-state index contributed by atoms with van der Waals surface area (Å²) in [6.45, 7) is 1.92. The van der Waals surface area contributed by atoms with E-state index in [1.807, 2.05) is 19.1 Å². The summed E-state index contributed by atoms with van der Waals surface area (Å²) >= 11 is 11.2. The highest BCUT2D eigenvalue weighted by atomic mass is 127. The lowest BCUT2D eigenvalue weighted by Gasteiger charge is -2.04. The fourth-order valence-corrected chi connectivity index (χ4v) is 2.19. The number of alkyl halides is 1. The number of Topliss-reactive ketones (excluding diaryl/α,β-unsaturated/α-hetero) is 1. The summed E-state index contributed by atoms with van der Waals surface area (Å²) in [7, 11) is 0. The molecule has 13 heavy (non-hydrogen) atoms. The average Bonchev–Trinajstić information content (AvgIpc) is 2.10. The molecule has 0 bridgehead atoms. The number of hydrogen-bond acceptors (Lipinski definition) is 1. The van der Waals surface area contributed by atoms with Gasteiger partial charge in [0.1, 0.15) is 0 Å². The lowest BCUT2D eigenvalue weighted by molar-refractivity contribution is 0.102. The van der Waals surface area contributed by atoms with Crippen molar-refractivity contribution in [1.29, 1.82) is 0 Å². The fraction of sp³-hybridized carbons (Fsp3) is 0.222. The van der Waals surface area contributed by atoms with Gasteiger partial charge >= 0.3 is 0 Å². The Morgan fingerprint density at radius 2 is 2.23 bits per heavy atom. The molecular formula is C9H7BrClIO. The average molecular weight is 373 g/mol. The molecule has 4 heteroatoms. The van der Waals surface area contributed by atoms with Gasteiger partial charge in [-0.3, -0.25) is 4.79 Å². The van der Waals surface area contributed by atoms with Crippen molar-refractivity contribution in [2.45, 2.75) is 6.92 Å². The Morgan fingerprint density at radius 1 is 1.62 bits per heavy atom. The second kappa shape index (κ2) is 4.75. The third-order valence-corrected chi connectivity index (χ3v) is 3.88. The number of aryl methyl sites for hydroxylation is 1. The molecule has 0 aromatic heterocycles. The lowest BCUT2D eigenvalue weighted by atomic mass is 10.1. The summed E-state index contributed by atoms with van der Waals surface area (Å²) in [6.07, 6.45) is 0. The van der Waals surface area contributed by atoms with Crippen LogP contribution in [0.25, 0.3) is 0 Å². The molecule has 1 aromatic carbocycles. The largest absolute Gasteiger partial charge is 0.293 e. The van der Waals surface area contributed by atoms with E-state index in [4.69, 9.17) is 11.6 Å². The highest BCUT2D eigenvalue weighted by Crippen LogP contribution is 2.24. The SMILES string of the molecule is Cc1cc(Cl)c(I)c(C(=O)CBr)c1. The van der Waals surface area contributed by atoms with E-state index in [2.05, 4.69) is 38.5 Å². The van der Waals surface area contributed by atoms with Gasteiger partial charge in [-0.1, -0.05) is 27.5 Å². The summed E-state index contributed by atoms with van der Waals surface area (Å²) in [6, 6.07) is 3.71. The van der Waals surface area contributed by atoms with E-state index < -0.39 is 0 Å². The molecule has 0 aliphatic carbocycles. The van der Waals surface area contributed by atoms with Gasteiger partial charge in [-0.2, -0.15) is 0 Å². The molecule has 70 valence electrons. The van der Waals surface area contributed by atoms with Crippen LogP contribution >= 0.6 is 50.1 Å². The predicted molar refractivity (Wildman–Crippen MR) is 67.0 cm³/mol. The zero-order chi connectivity index (χ0) is 10.0. The quantitative estimate of drug-likeness (QED) is 0.437. The molecule has 0 fully saturated rings. The van der Waals surface area contributed by atoms with Crippen LogP contribution in [0.5, 0.6) is 0 Å². The molecule has 0 spiro atoms. The summed E-state index contributed by atoms with van der Waals surface area (Å²) < 4.78 is 0.828. The van der Waals surface area contributed by atoms with Gasteiger partial charge in [-0.05, 0) is 47.2 Å². The maximum atomic E-state index is 11.4. The predicted octanol–water partition coefficient (Wildman–Crippen LogP) is 3.83. The monoisotopic (exact) mass is 372 g/mol. The minimum absolute atomic E-state index is 0.0648. The van der Waals surface area contributed by atoms with Crippen molar-refractivity contribution in [2.24, 2.45) is 0 Å². The maximum absolute atomic E-state index is 11.4. The van der Waals surface area contributed by atoms with E-state index in [0.717, 1.165) is 9.13 Å². The Bertz CT molecular complexity index is 352. The van der Waals surface area contributed by atoms with Crippen LogP contribution in [-0.2, 0) is 0 Å². The van der Waals surface area contributed by atoms with Crippen molar-refractivity contribution < 1.29 is 4.79 Å². The number of carbonyl (C=O) groups excluding carboxylic acids is 1. The minimum atomic E-state index is 0.0648. The van der Waals surface area contributed by atoms with Gasteiger partial charge < -0.3 is 0 Å². The van der Waals surface area contributed by atoms with E-state index in [1.165, 1.54) is 0 Å². The first-order chi connectivity index (χ1) is 6.06. The summed E-state index contributed by atoms with van der Waals surface area (Å²) in [5, 5.41) is 0.980. The standard InChI is InChI=1S/C9H7BrClIO/c1-5-2-6(8(13)4-10)9(12)7(11)3-5/h2-3H,4H2,1H3. The van der Waals surface area contributed by atoms with Crippen LogP contribution in [-0.4, -0.2) is 11.1 Å². The van der Waals surface area contributed by atoms with E-state index in [0.29, 0.717) is 15.9 Å². The first-order valence-corrected chi connectivity index (χ1v) is 6.19. The van der Waals surface area contributed by atoms with Crippen molar-refractivity contribution in [3.63, 3.8) is 0 Å².